The topological polar surface area (TPSA) is 63.7 Å². The summed E-state index contributed by atoms with van der Waals surface area (Å²) >= 11 is 1.14. The molecule has 0 aliphatic carbocycles. The fraction of sp³-hybridized carbons (Fsp3) is 0.250. The lowest BCUT2D eigenvalue weighted by Crippen LogP contribution is -2.35. The summed E-state index contributed by atoms with van der Waals surface area (Å²) < 4.78 is 5.11. The molecule has 0 bridgehead atoms. The minimum atomic E-state index is -0.446. The van der Waals surface area contributed by atoms with Crippen molar-refractivity contribution in [3.05, 3.63) is 65.7 Å². The third-order valence-electron chi connectivity index (χ3n) is 4.30. The fourth-order valence-corrected chi connectivity index (χ4v) is 3.80. The van der Waals surface area contributed by atoms with Gasteiger partial charge in [-0.05, 0) is 6.07 Å². The van der Waals surface area contributed by atoms with E-state index in [9.17, 15) is 14.4 Å². The summed E-state index contributed by atoms with van der Waals surface area (Å²) in [6.45, 7) is 2.52. The van der Waals surface area contributed by atoms with Crippen molar-refractivity contribution in [1.82, 2.24) is 0 Å². The van der Waals surface area contributed by atoms with Crippen LogP contribution in [0.1, 0.15) is 28.9 Å². The molecule has 0 spiro atoms. The predicted octanol–water partition coefficient (Wildman–Crippen LogP) is 3.46. The van der Waals surface area contributed by atoms with E-state index in [2.05, 4.69) is 0 Å². The van der Waals surface area contributed by atoms with Gasteiger partial charge in [-0.1, -0.05) is 67.2 Å². The maximum Gasteiger partial charge on any atom is 0.293 e. The monoisotopic (exact) mass is 369 g/mol. The Morgan fingerprint density at radius 2 is 1.88 bits per heavy atom. The number of fused-ring (bicyclic) bond motifs is 1. The Balaban J connectivity index is 1.65. The van der Waals surface area contributed by atoms with Gasteiger partial charge in [0, 0.05) is 22.8 Å². The van der Waals surface area contributed by atoms with E-state index in [-0.39, 0.29) is 16.9 Å². The average molecular weight is 369 g/mol. The zero-order chi connectivity index (χ0) is 18.5. The van der Waals surface area contributed by atoms with Crippen molar-refractivity contribution in [1.29, 1.82) is 0 Å². The Morgan fingerprint density at radius 3 is 2.62 bits per heavy atom. The van der Waals surface area contributed by atoms with E-state index >= 15 is 0 Å². The number of para-hydroxylation sites is 1. The van der Waals surface area contributed by atoms with Crippen molar-refractivity contribution in [2.45, 2.75) is 13.0 Å². The summed E-state index contributed by atoms with van der Waals surface area (Å²) in [5.74, 6) is -0.0248. The highest BCUT2D eigenvalue weighted by molar-refractivity contribution is 8.14. The molecule has 0 radical (unpaired) electrons. The van der Waals surface area contributed by atoms with Crippen LogP contribution in [0.15, 0.2) is 54.6 Å². The van der Waals surface area contributed by atoms with Gasteiger partial charge < -0.3 is 9.64 Å². The predicted molar refractivity (Wildman–Crippen MR) is 101 cm³/mol. The normalized spacial score (nSPS) is 16.7. The largest absolute Gasteiger partial charge is 0.458 e. The molecule has 2 atom stereocenters. The van der Waals surface area contributed by atoms with Crippen molar-refractivity contribution < 1.29 is 19.1 Å². The van der Waals surface area contributed by atoms with Gasteiger partial charge in [0.1, 0.15) is 6.10 Å². The number of hydrogen-bond donors (Lipinski definition) is 0. The molecule has 0 saturated heterocycles. The molecule has 26 heavy (non-hydrogen) atoms. The van der Waals surface area contributed by atoms with Crippen LogP contribution in [0.25, 0.3) is 0 Å². The van der Waals surface area contributed by atoms with Crippen LogP contribution in [0.2, 0.25) is 0 Å². The lowest BCUT2D eigenvalue weighted by Gasteiger charge is -2.21. The average Bonchev–Trinajstić information content (AvgIpc) is 3.05. The molecular formula is C20H19NO4S. The second-order valence-corrected chi connectivity index (χ2v) is 7.09. The molecule has 2 aromatic carbocycles. The van der Waals surface area contributed by atoms with Crippen LogP contribution in [0.4, 0.5) is 5.69 Å². The summed E-state index contributed by atoms with van der Waals surface area (Å²) in [7, 11) is 0. The summed E-state index contributed by atoms with van der Waals surface area (Å²) in [5, 5.41) is -0.0470. The molecule has 1 aliphatic heterocycles. The molecule has 0 aromatic heterocycles. The summed E-state index contributed by atoms with van der Waals surface area (Å²) in [6, 6.07) is 16.4. The molecular weight excluding hydrogens is 350 g/mol. The second-order valence-electron chi connectivity index (χ2n) is 6.09. The number of benzene rings is 2. The standard InChI is InChI=1S/C20H19NO4S/c1-14(12-26-20(24)15-7-3-2-4-8-15)19(23)21-11-18(25-13-22)16-9-5-6-10-17(16)21/h2-10,13-14,18H,11-12H2,1H3/t14-,18-/m1/s1. The lowest BCUT2D eigenvalue weighted by molar-refractivity contribution is -0.133. The van der Waals surface area contributed by atoms with Gasteiger partial charge in [-0.2, -0.15) is 0 Å². The van der Waals surface area contributed by atoms with Crippen molar-refractivity contribution >= 4 is 34.9 Å². The number of carbonyl (C=O) groups is 3. The van der Waals surface area contributed by atoms with Crippen molar-refractivity contribution in [2.24, 2.45) is 5.92 Å². The molecule has 1 amide bonds. The van der Waals surface area contributed by atoms with Gasteiger partial charge in [0.15, 0.2) is 0 Å². The van der Waals surface area contributed by atoms with E-state index in [1.165, 1.54) is 0 Å². The smallest absolute Gasteiger partial charge is 0.293 e. The highest BCUT2D eigenvalue weighted by Gasteiger charge is 2.35. The van der Waals surface area contributed by atoms with Gasteiger partial charge in [0.2, 0.25) is 11.0 Å². The van der Waals surface area contributed by atoms with Gasteiger partial charge in [-0.3, -0.25) is 14.4 Å². The number of nitrogens with zero attached hydrogens (tertiary/aromatic N) is 1. The Kier molecular flexibility index (Phi) is 5.73. The maximum absolute atomic E-state index is 12.9. The molecule has 0 fully saturated rings. The number of rotatable bonds is 6. The van der Waals surface area contributed by atoms with Crippen LogP contribution in [-0.4, -0.2) is 29.8 Å². The summed E-state index contributed by atoms with van der Waals surface area (Å²) in [4.78, 5) is 37.4. The van der Waals surface area contributed by atoms with Crippen molar-refractivity contribution in [2.75, 3.05) is 17.2 Å². The van der Waals surface area contributed by atoms with E-state index < -0.39 is 6.10 Å². The van der Waals surface area contributed by atoms with Crippen LogP contribution >= 0.6 is 11.8 Å². The second kappa shape index (κ2) is 8.19. The molecule has 2 aromatic rings. The van der Waals surface area contributed by atoms with E-state index in [1.54, 1.807) is 17.0 Å². The van der Waals surface area contributed by atoms with Gasteiger partial charge in [-0.25, -0.2) is 0 Å². The van der Waals surface area contributed by atoms with E-state index in [4.69, 9.17) is 4.74 Å². The van der Waals surface area contributed by atoms with Crippen LogP contribution in [0.3, 0.4) is 0 Å². The third-order valence-corrected chi connectivity index (χ3v) is 5.47. The number of anilines is 1. The minimum Gasteiger partial charge on any atom is -0.458 e. The molecule has 1 aliphatic rings. The van der Waals surface area contributed by atoms with Crippen molar-refractivity contribution in [3.8, 4) is 0 Å². The Labute approximate surface area is 156 Å². The first-order valence-corrected chi connectivity index (χ1v) is 9.32. The Hall–Kier alpha value is -2.60. The molecule has 3 rings (SSSR count). The number of thioether (sulfide) groups is 1. The van der Waals surface area contributed by atoms with Gasteiger partial charge >= 0.3 is 0 Å². The van der Waals surface area contributed by atoms with Crippen LogP contribution < -0.4 is 4.90 Å². The number of amides is 1. The summed E-state index contributed by atoms with van der Waals surface area (Å²) in [6.07, 6.45) is -0.446. The van der Waals surface area contributed by atoms with Crippen LogP contribution in [-0.2, 0) is 14.3 Å². The molecule has 1 heterocycles. The molecule has 0 N–H and O–H groups in total. The molecule has 5 nitrogen and oxygen atoms in total. The minimum absolute atomic E-state index is 0.0470. The first-order valence-electron chi connectivity index (χ1n) is 8.33. The number of hydrogen-bond acceptors (Lipinski definition) is 5. The van der Waals surface area contributed by atoms with Gasteiger partial charge in [0.05, 0.1) is 12.2 Å². The van der Waals surface area contributed by atoms with Gasteiger partial charge in [-0.15, -0.1) is 0 Å². The Bertz CT molecular complexity index is 808. The van der Waals surface area contributed by atoms with Gasteiger partial charge in [0.25, 0.3) is 6.47 Å². The molecule has 0 unspecified atom stereocenters. The maximum atomic E-state index is 12.9. The zero-order valence-corrected chi connectivity index (χ0v) is 15.1. The molecule has 6 heteroatoms. The number of ether oxygens (including phenoxy) is 1. The zero-order valence-electron chi connectivity index (χ0n) is 14.3. The Morgan fingerprint density at radius 1 is 1.19 bits per heavy atom. The lowest BCUT2D eigenvalue weighted by atomic mass is 10.1. The quantitative estimate of drug-likeness (QED) is 0.730. The highest BCUT2D eigenvalue weighted by atomic mass is 32.2. The number of carbonyl (C=O) groups excluding carboxylic acids is 3. The van der Waals surface area contributed by atoms with E-state index in [1.807, 2.05) is 49.4 Å². The SMILES string of the molecule is C[C@H](CSC(=O)c1ccccc1)C(=O)N1C[C@@H](OC=O)c2ccccc21. The summed E-state index contributed by atoms with van der Waals surface area (Å²) in [5.41, 5.74) is 2.21. The highest BCUT2D eigenvalue weighted by Crippen LogP contribution is 2.37. The van der Waals surface area contributed by atoms with Crippen LogP contribution in [0.5, 0.6) is 0 Å². The first kappa shape index (κ1) is 18.2. The first-order chi connectivity index (χ1) is 12.6. The fourth-order valence-electron chi connectivity index (χ4n) is 2.96. The van der Waals surface area contributed by atoms with E-state index in [0.717, 1.165) is 23.0 Å². The van der Waals surface area contributed by atoms with E-state index in [0.29, 0.717) is 24.3 Å². The van der Waals surface area contributed by atoms with Crippen LogP contribution in [0, 0.1) is 5.92 Å². The molecule has 134 valence electrons. The van der Waals surface area contributed by atoms with Crippen molar-refractivity contribution in [3.63, 3.8) is 0 Å². The third kappa shape index (κ3) is 3.80. The molecule has 0 saturated carbocycles.